The predicted octanol–water partition coefficient (Wildman–Crippen LogP) is 2.70. The smallest absolute Gasteiger partial charge is 0.261 e. The van der Waals surface area contributed by atoms with E-state index in [1.165, 1.54) is 6.33 Å². The molecular weight excluding hydrogens is 524 g/mol. The molecule has 5 atom stereocenters. The molecule has 9 nitrogen and oxygen atoms in total. The third-order valence-electron chi connectivity index (χ3n) is 8.52. The maximum Gasteiger partial charge on any atom is 0.261 e. The fraction of sp³-hybridized carbons (Fsp3) is 0.400. The van der Waals surface area contributed by atoms with E-state index in [-0.39, 0.29) is 5.04 Å². The van der Waals surface area contributed by atoms with Gasteiger partial charge in [0.2, 0.25) is 5.79 Å². The third-order valence-corrected chi connectivity index (χ3v) is 13.5. The Bertz CT molecular complexity index is 1550. The summed E-state index contributed by atoms with van der Waals surface area (Å²) in [6, 6.07) is 24.4. The van der Waals surface area contributed by atoms with Crippen molar-refractivity contribution in [1.82, 2.24) is 14.6 Å². The Labute approximate surface area is 234 Å². The predicted molar refractivity (Wildman–Crippen MR) is 151 cm³/mol. The summed E-state index contributed by atoms with van der Waals surface area (Å²) < 4.78 is 28.5. The van der Waals surface area contributed by atoms with Crippen LogP contribution in [0.5, 0.6) is 0 Å². The Morgan fingerprint density at radius 2 is 1.57 bits per heavy atom. The molecule has 3 aliphatic rings. The second-order valence-corrected chi connectivity index (χ2v) is 16.7. The standard InChI is InChI=1S/C30H34N4O5Si/c1-27(2,3)40(19-12-8-6-9-13-19,20-14-10-7-11-15-20)38-24-23-29(24)26(37-28(4,5)39-29)30(35,36-23)22-17-16-21-25(31)32-18-33-34(21)22/h6-18,23-24,26,35H,1-5H3,(H2,31,32,33)/t23-,24?,26-,29+,30?/m1/s1. The van der Waals surface area contributed by atoms with Gasteiger partial charge in [-0.3, -0.25) is 0 Å². The van der Waals surface area contributed by atoms with Gasteiger partial charge in [0.25, 0.3) is 8.32 Å². The number of nitrogens with two attached hydrogens (primary N) is 1. The summed E-state index contributed by atoms with van der Waals surface area (Å²) in [6.45, 7) is 10.4. The minimum Gasteiger partial charge on any atom is -0.398 e. The first-order valence-electron chi connectivity index (χ1n) is 13.6. The van der Waals surface area contributed by atoms with Crippen molar-refractivity contribution in [3.63, 3.8) is 0 Å². The van der Waals surface area contributed by atoms with Crippen molar-refractivity contribution in [2.45, 2.75) is 75.1 Å². The Morgan fingerprint density at radius 1 is 0.950 bits per heavy atom. The number of rotatable bonds is 5. The lowest BCUT2D eigenvalue weighted by molar-refractivity contribution is -0.278. The minimum atomic E-state index is -2.93. The molecule has 2 saturated heterocycles. The number of aliphatic hydroxyl groups is 1. The van der Waals surface area contributed by atoms with Gasteiger partial charge < -0.3 is 29.5 Å². The molecule has 3 fully saturated rings. The second kappa shape index (κ2) is 8.22. The second-order valence-electron chi connectivity index (χ2n) is 12.5. The van der Waals surface area contributed by atoms with Crippen molar-refractivity contribution in [2.24, 2.45) is 0 Å². The molecule has 0 bridgehead atoms. The van der Waals surface area contributed by atoms with Crippen LogP contribution in [-0.2, 0) is 24.4 Å². The first-order valence-corrected chi connectivity index (χ1v) is 15.5. The van der Waals surface area contributed by atoms with Crippen LogP contribution in [0.4, 0.5) is 5.82 Å². The number of hydrogen-bond donors (Lipinski definition) is 2. The molecule has 2 unspecified atom stereocenters. The average molecular weight is 559 g/mol. The van der Waals surface area contributed by atoms with Gasteiger partial charge in [-0.05, 0) is 41.4 Å². The van der Waals surface area contributed by atoms with Crippen molar-refractivity contribution in [2.75, 3.05) is 5.73 Å². The van der Waals surface area contributed by atoms with Crippen LogP contribution in [0.3, 0.4) is 0 Å². The molecule has 2 aromatic heterocycles. The van der Waals surface area contributed by atoms with Gasteiger partial charge in [0, 0.05) is 0 Å². The van der Waals surface area contributed by atoms with Crippen LogP contribution in [0.2, 0.25) is 5.04 Å². The highest BCUT2D eigenvalue weighted by Crippen LogP contribution is 2.67. The topological polar surface area (TPSA) is 113 Å². The molecular formula is C30H34N4O5Si. The van der Waals surface area contributed by atoms with Gasteiger partial charge in [0.05, 0.1) is 0 Å². The van der Waals surface area contributed by atoms with Crippen molar-refractivity contribution in [3.05, 3.63) is 84.8 Å². The van der Waals surface area contributed by atoms with Crippen LogP contribution < -0.4 is 16.1 Å². The van der Waals surface area contributed by atoms with E-state index >= 15 is 0 Å². The fourth-order valence-corrected chi connectivity index (χ4v) is 11.6. The lowest BCUT2D eigenvalue weighted by Crippen LogP contribution is -2.67. The molecule has 208 valence electrons. The normalized spacial score (nSPS) is 30.8. The van der Waals surface area contributed by atoms with E-state index in [4.69, 9.17) is 24.4 Å². The van der Waals surface area contributed by atoms with Crippen molar-refractivity contribution >= 4 is 30.0 Å². The summed E-state index contributed by atoms with van der Waals surface area (Å²) in [5.74, 6) is -2.50. The summed E-state index contributed by atoms with van der Waals surface area (Å²) >= 11 is 0. The zero-order valence-electron chi connectivity index (χ0n) is 23.2. The van der Waals surface area contributed by atoms with E-state index < -0.39 is 43.8 Å². The number of benzene rings is 2. The SMILES string of the molecule is CC1(C)O[C@H]2C(O)(c3ccc4c(N)ncnn34)O[C@@H]3C(O[Si](c4ccccc4)(c4ccccc4)C(C)(C)C)[C@@]32O1. The van der Waals surface area contributed by atoms with Gasteiger partial charge >= 0.3 is 0 Å². The average Bonchev–Trinajstić information content (AvgIpc) is 3.24. The molecule has 0 amide bonds. The number of aromatic nitrogens is 3. The van der Waals surface area contributed by atoms with Gasteiger partial charge in [0.15, 0.2) is 23.3 Å². The van der Waals surface area contributed by atoms with Gasteiger partial charge in [-0.2, -0.15) is 5.10 Å². The highest BCUT2D eigenvalue weighted by Gasteiger charge is 2.89. The fourth-order valence-electron chi connectivity index (χ4n) is 6.87. The lowest BCUT2D eigenvalue weighted by Gasteiger charge is -2.44. The largest absolute Gasteiger partial charge is 0.398 e. The highest BCUT2D eigenvalue weighted by atomic mass is 28.4. The molecule has 3 N–H and O–H groups in total. The van der Waals surface area contributed by atoms with Crippen LogP contribution in [0, 0.1) is 0 Å². The van der Waals surface area contributed by atoms with Gasteiger partial charge in [-0.1, -0.05) is 81.4 Å². The summed E-state index contributed by atoms with van der Waals surface area (Å²) in [4.78, 5) is 4.07. The lowest BCUT2D eigenvalue weighted by atomic mass is 10.0. The van der Waals surface area contributed by atoms with Gasteiger partial charge in [0.1, 0.15) is 29.7 Å². The molecule has 1 saturated carbocycles. The van der Waals surface area contributed by atoms with Gasteiger partial charge in [-0.15, -0.1) is 0 Å². The van der Waals surface area contributed by atoms with E-state index in [0.29, 0.717) is 17.0 Å². The summed E-state index contributed by atoms with van der Waals surface area (Å²) in [5, 5.41) is 18.6. The number of fused-ring (bicyclic) bond motifs is 1. The van der Waals surface area contributed by atoms with E-state index in [9.17, 15) is 5.11 Å². The van der Waals surface area contributed by atoms with Crippen LogP contribution in [-0.4, -0.2) is 57.7 Å². The number of hydrogen-bond acceptors (Lipinski definition) is 8. The Balaban J connectivity index is 1.34. The highest BCUT2D eigenvalue weighted by molar-refractivity contribution is 6.99. The summed E-state index contributed by atoms with van der Waals surface area (Å²) in [6.07, 6.45) is -0.532. The quantitative estimate of drug-likeness (QED) is 0.360. The first kappa shape index (κ1) is 25.8. The van der Waals surface area contributed by atoms with E-state index in [1.807, 2.05) is 26.0 Å². The summed E-state index contributed by atoms with van der Waals surface area (Å²) in [5.41, 5.74) is 6.04. The van der Waals surface area contributed by atoms with Crippen LogP contribution >= 0.6 is 0 Å². The van der Waals surface area contributed by atoms with Crippen LogP contribution in [0.15, 0.2) is 79.1 Å². The monoisotopic (exact) mass is 558 g/mol. The van der Waals surface area contributed by atoms with E-state index in [0.717, 1.165) is 10.4 Å². The van der Waals surface area contributed by atoms with Crippen LogP contribution in [0.1, 0.15) is 40.3 Å². The number of ether oxygens (including phenoxy) is 3. The Morgan fingerprint density at radius 3 is 2.17 bits per heavy atom. The molecule has 1 spiro atoms. The number of anilines is 1. The molecule has 40 heavy (non-hydrogen) atoms. The maximum absolute atomic E-state index is 12.2. The van der Waals surface area contributed by atoms with Crippen molar-refractivity contribution < 1.29 is 23.7 Å². The molecule has 2 aliphatic heterocycles. The molecule has 4 aromatic rings. The minimum absolute atomic E-state index is 0.240. The van der Waals surface area contributed by atoms with Crippen molar-refractivity contribution in [3.8, 4) is 0 Å². The third kappa shape index (κ3) is 3.32. The molecule has 2 aromatic carbocycles. The molecule has 4 heterocycles. The molecule has 7 rings (SSSR count). The van der Waals surface area contributed by atoms with E-state index in [1.54, 1.807) is 16.6 Å². The Hall–Kier alpha value is -3.12. The zero-order chi connectivity index (χ0) is 28.1. The molecule has 1 aliphatic carbocycles. The first-order chi connectivity index (χ1) is 18.9. The zero-order valence-corrected chi connectivity index (χ0v) is 24.2. The molecule has 0 radical (unpaired) electrons. The van der Waals surface area contributed by atoms with Crippen LogP contribution in [0.25, 0.3) is 5.52 Å². The van der Waals surface area contributed by atoms with Gasteiger partial charge in [-0.25, -0.2) is 9.50 Å². The number of nitrogens with zero attached hydrogens (tertiary/aromatic N) is 3. The molecule has 10 heteroatoms. The van der Waals surface area contributed by atoms with Crippen molar-refractivity contribution in [1.29, 1.82) is 0 Å². The Kier molecular flexibility index (Phi) is 5.30. The number of nitrogen functional groups attached to an aromatic ring is 1. The van der Waals surface area contributed by atoms with E-state index in [2.05, 4.69) is 79.4 Å². The summed E-state index contributed by atoms with van der Waals surface area (Å²) in [7, 11) is -2.93. The maximum atomic E-state index is 12.2.